The lowest BCUT2D eigenvalue weighted by molar-refractivity contribution is -0.148. The van der Waals surface area contributed by atoms with E-state index >= 15 is 0 Å². The molecule has 1 saturated heterocycles. The predicted octanol–water partition coefficient (Wildman–Crippen LogP) is 2.79. The quantitative estimate of drug-likeness (QED) is 0.714. The van der Waals surface area contributed by atoms with Crippen molar-refractivity contribution >= 4 is 27.4 Å². The van der Waals surface area contributed by atoms with Crippen LogP contribution in [0.4, 0.5) is 5.69 Å². The minimum absolute atomic E-state index is 0.00565. The van der Waals surface area contributed by atoms with Gasteiger partial charge < -0.3 is 14.8 Å². The molecule has 0 aliphatic carbocycles. The molecule has 28 heavy (non-hydrogen) atoms. The van der Waals surface area contributed by atoms with Crippen molar-refractivity contribution in [1.82, 2.24) is 0 Å². The van der Waals surface area contributed by atoms with Gasteiger partial charge in [0.2, 0.25) is 0 Å². The van der Waals surface area contributed by atoms with Gasteiger partial charge >= 0.3 is 5.97 Å². The molecular weight excluding hydrogens is 382 g/mol. The van der Waals surface area contributed by atoms with Crippen molar-refractivity contribution in [1.29, 1.82) is 0 Å². The van der Waals surface area contributed by atoms with Crippen LogP contribution in [0.1, 0.15) is 12.8 Å². The number of hydrogen-bond acceptors (Lipinski definition) is 6. The largest absolute Gasteiger partial charge is 0.457 e. The van der Waals surface area contributed by atoms with Crippen molar-refractivity contribution in [2.45, 2.75) is 12.8 Å². The predicted molar refractivity (Wildman–Crippen MR) is 104 cm³/mol. The second-order valence-corrected chi connectivity index (χ2v) is 8.85. The van der Waals surface area contributed by atoms with E-state index in [2.05, 4.69) is 5.32 Å². The summed E-state index contributed by atoms with van der Waals surface area (Å²) in [6.45, 7) is -0.416. The Morgan fingerprint density at radius 2 is 1.68 bits per heavy atom. The molecule has 2 aromatic carbocycles. The van der Waals surface area contributed by atoms with Crippen molar-refractivity contribution in [2.24, 2.45) is 5.92 Å². The summed E-state index contributed by atoms with van der Waals surface area (Å²) in [6, 6.07) is 16.1. The van der Waals surface area contributed by atoms with Crippen LogP contribution >= 0.6 is 0 Å². The van der Waals surface area contributed by atoms with E-state index in [9.17, 15) is 18.0 Å². The molecule has 1 aliphatic heterocycles. The average Bonchev–Trinajstić information content (AvgIpc) is 3.01. The van der Waals surface area contributed by atoms with Gasteiger partial charge in [0.05, 0.1) is 11.5 Å². The van der Waals surface area contributed by atoms with Gasteiger partial charge in [0.1, 0.15) is 11.5 Å². The third-order valence-electron chi connectivity index (χ3n) is 4.26. The smallest absolute Gasteiger partial charge is 0.306 e. The molecule has 1 atom stereocenters. The van der Waals surface area contributed by atoms with Crippen LogP contribution in [-0.4, -0.2) is 38.4 Å². The molecule has 148 valence electrons. The lowest BCUT2D eigenvalue weighted by atomic mass is 10.1. The second-order valence-electron chi connectivity index (χ2n) is 6.62. The second kappa shape index (κ2) is 8.88. The van der Waals surface area contributed by atoms with Gasteiger partial charge in [0, 0.05) is 12.1 Å². The number of para-hydroxylation sites is 1. The zero-order valence-electron chi connectivity index (χ0n) is 15.2. The number of anilines is 1. The van der Waals surface area contributed by atoms with Gasteiger partial charge in [-0.15, -0.1) is 0 Å². The molecule has 7 nitrogen and oxygen atoms in total. The first-order valence-electron chi connectivity index (χ1n) is 8.88. The molecule has 0 spiro atoms. The molecular formula is C20H21NO6S. The first-order chi connectivity index (χ1) is 13.4. The van der Waals surface area contributed by atoms with Gasteiger partial charge in [-0.25, -0.2) is 8.42 Å². The van der Waals surface area contributed by atoms with E-state index in [4.69, 9.17) is 9.47 Å². The van der Waals surface area contributed by atoms with Gasteiger partial charge in [0.15, 0.2) is 16.4 Å². The maximum Gasteiger partial charge on any atom is 0.306 e. The minimum Gasteiger partial charge on any atom is -0.457 e. The van der Waals surface area contributed by atoms with Crippen LogP contribution in [0, 0.1) is 5.92 Å². The molecule has 2 aromatic rings. The summed E-state index contributed by atoms with van der Waals surface area (Å²) in [5.41, 5.74) is 0.545. The number of carbonyl (C=O) groups is 2. The molecule has 0 saturated carbocycles. The summed E-state index contributed by atoms with van der Waals surface area (Å²) in [5, 5.41) is 2.63. The zero-order chi connectivity index (χ0) is 20.0. The SMILES string of the molecule is O=C(COC(=O)C[C@@H]1CCS(=O)(=O)C1)Nc1ccc(Oc2ccccc2)cc1. The number of carbonyl (C=O) groups excluding carboxylic acids is 2. The standard InChI is InChI=1S/C20H21NO6S/c22-19(13-26-20(23)12-15-10-11-28(24,25)14-15)21-16-6-8-18(9-7-16)27-17-4-2-1-3-5-17/h1-9,15H,10-14H2,(H,21,22)/t15-/m0/s1. The monoisotopic (exact) mass is 403 g/mol. The molecule has 0 bridgehead atoms. The Kier molecular flexibility index (Phi) is 6.30. The molecule has 0 unspecified atom stereocenters. The third kappa shape index (κ3) is 6.09. The van der Waals surface area contributed by atoms with Gasteiger partial charge in [0.25, 0.3) is 5.91 Å². The van der Waals surface area contributed by atoms with E-state index in [0.29, 0.717) is 23.6 Å². The summed E-state index contributed by atoms with van der Waals surface area (Å²) >= 11 is 0. The maximum atomic E-state index is 11.9. The molecule has 1 aliphatic rings. The van der Waals surface area contributed by atoms with Crippen molar-refractivity contribution in [3.05, 3.63) is 54.6 Å². The molecule has 0 radical (unpaired) electrons. The number of amides is 1. The summed E-state index contributed by atoms with van der Waals surface area (Å²) in [4.78, 5) is 23.7. The van der Waals surface area contributed by atoms with E-state index in [0.717, 1.165) is 0 Å². The van der Waals surface area contributed by atoms with Gasteiger partial charge in [-0.1, -0.05) is 18.2 Å². The van der Waals surface area contributed by atoms with Crippen molar-refractivity contribution < 1.29 is 27.5 Å². The van der Waals surface area contributed by atoms with Crippen molar-refractivity contribution in [2.75, 3.05) is 23.4 Å². The Labute approximate surface area is 163 Å². The Morgan fingerprint density at radius 1 is 1.00 bits per heavy atom. The van der Waals surface area contributed by atoms with E-state index in [1.807, 2.05) is 30.3 Å². The Bertz CT molecular complexity index is 925. The molecule has 1 heterocycles. The van der Waals surface area contributed by atoms with Crippen LogP contribution in [0.3, 0.4) is 0 Å². The van der Waals surface area contributed by atoms with Crippen LogP contribution in [0.15, 0.2) is 54.6 Å². The summed E-state index contributed by atoms with van der Waals surface area (Å²) in [5.74, 6) is 0.190. The van der Waals surface area contributed by atoms with Crippen molar-refractivity contribution in [3.8, 4) is 11.5 Å². The first kappa shape index (κ1) is 19.9. The van der Waals surface area contributed by atoms with E-state index in [-0.39, 0.29) is 23.8 Å². The number of nitrogens with one attached hydrogen (secondary N) is 1. The highest BCUT2D eigenvalue weighted by atomic mass is 32.2. The highest BCUT2D eigenvalue weighted by Gasteiger charge is 2.29. The zero-order valence-corrected chi connectivity index (χ0v) is 16.0. The van der Waals surface area contributed by atoms with E-state index in [1.165, 1.54) is 0 Å². The highest BCUT2D eigenvalue weighted by molar-refractivity contribution is 7.91. The van der Waals surface area contributed by atoms with Crippen molar-refractivity contribution in [3.63, 3.8) is 0 Å². The summed E-state index contributed by atoms with van der Waals surface area (Å²) in [7, 11) is -3.03. The highest BCUT2D eigenvalue weighted by Crippen LogP contribution is 2.23. The molecule has 1 amide bonds. The van der Waals surface area contributed by atoms with E-state index < -0.39 is 28.3 Å². The molecule has 0 aromatic heterocycles. The fraction of sp³-hybridized carbons (Fsp3) is 0.300. The van der Waals surface area contributed by atoms with Gasteiger partial charge in [-0.3, -0.25) is 9.59 Å². The number of rotatable bonds is 7. The molecule has 1 N–H and O–H groups in total. The van der Waals surface area contributed by atoms with Crippen LogP contribution in [0.2, 0.25) is 0 Å². The summed E-state index contributed by atoms with van der Waals surface area (Å²) in [6.07, 6.45) is 0.471. The first-order valence-corrected chi connectivity index (χ1v) is 10.7. The summed E-state index contributed by atoms with van der Waals surface area (Å²) < 4.78 is 33.4. The number of sulfone groups is 1. The number of benzene rings is 2. The fourth-order valence-electron chi connectivity index (χ4n) is 2.90. The van der Waals surface area contributed by atoms with Crippen LogP contribution in [0.25, 0.3) is 0 Å². The van der Waals surface area contributed by atoms with Gasteiger partial charge in [-0.2, -0.15) is 0 Å². The Morgan fingerprint density at radius 3 is 2.32 bits per heavy atom. The fourth-order valence-corrected chi connectivity index (χ4v) is 4.76. The van der Waals surface area contributed by atoms with Crippen LogP contribution in [0.5, 0.6) is 11.5 Å². The van der Waals surface area contributed by atoms with Crippen LogP contribution < -0.4 is 10.1 Å². The molecule has 1 fully saturated rings. The maximum absolute atomic E-state index is 11.9. The Balaban J connectivity index is 1.41. The number of hydrogen-bond donors (Lipinski definition) is 1. The topological polar surface area (TPSA) is 98.8 Å². The number of esters is 1. The normalized spacial score (nSPS) is 17.6. The lowest BCUT2D eigenvalue weighted by Gasteiger charge is -2.10. The molecule has 3 rings (SSSR count). The average molecular weight is 403 g/mol. The minimum atomic E-state index is -3.03. The van der Waals surface area contributed by atoms with Crippen LogP contribution in [-0.2, 0) is 24.2 Å². The van der Waals surface area contributed by atoms with Gasteiger partial charge in [-0.05, 0) is 48.7 Å². The lowest BCUT2D eigenvalue weighted by Crippen LogP contribution is -2.22. The third-order valence-corrected chi connectivity index (χ3v) is 6.10. The number of ether oxygens (including phenoxy) is 2. The molecule has 8 heteroatoms. The van der Waals surface area contributed by atoms with E-state index in [1.54, 1.807) is 24.3 Å². The Hall–Kier alpha value is -2.87.